The zero-order chi connectivity index (χ0) is 18.9. The minimum Gasteiger partial charge on any atom is -0.492 e. The van der Waals surface area contributed by atoms with Crippen molar-refractivity contribution in [3.63, 3.8) is 0 Å². The van der Waals surface area contributed by atoms with Crippen LogP contribution in [0.5, 0.6) is 11.5 Å². The zero-order valence-corrected chi connectivity index (χ0v) is 16.8. The lowest BCUT2D eigenvalue weighted by molar-refractivity contribution is 0.102. The number of anilines is 1. The van der Waals surface area contributed by atoms with Crippen molar-refractivity contribution in [1.82, 2.24) is 0 Å². The van der Waals surface area contributed by atoms with Crippen molar-refractivity contribution in [3.05, 3.63) is 52.5 Å². The van der Waals surface area contributed by atoms with Crippen LogP contribution in [0.15, 0.2) is 46.9 Å². The van der Waals surface area contributed by atoms with E-state index in [9.17, 15) is 4.79 Å². The van der Waals surface area contributed by atoms with Crippen LogP contribution in [0.25, 0.3) is 0 Å². The van der Waals surface area contributed by atoms with Crippen LogP contribution >= 0.6 is 15.9 Å². The molecule has 6 heteroatoms. The third-order valence-corrected chi connectivity index (χ3v) is 4.03. The van der Waals surface area contributed by atoms with E-state index in [1.165, 1.54) is 0 Å². The van der Waals surface area contributed by atoms with Gasteiger partial charge in [-0.05, 0) is 52.2 Å². The maximum atomic E-state index is 12.5. The van der Waals surface area contributed by atoms with Crippen LogP contribution in [0.3, 0.4) is 0 Å². The van der Waals surface area contributed by atoms with Crippen LogP contribution in [-0.4, -0.2) is 32.8 Å². The highest BCUT2D eigenvalue weighted by atomic mass is 79.9. The van der Waals surface area contributed by atoms with E-state index in [4.69, 9.17) is 14.2 Å². The second-order valence-electron chi connectivity index (χ2n) is 6.17. The smallest absolute Gasteiger partial charge is 0.255 e. The van der Waals surface area contributed by atoms with E-state index in [0.717, 1.165) is 10.2 Å². The number of benzene rings is 2. The molecule has 0 unspecified atom stereocenters. The van der Waals surface area contributed by atoms with Crippen LogP contribution in [-0.2, 0) is 4.74 Å². The van der Waals surface area contributed by atoms with E-state index in [2.05, 4.69) is 35.1 Å². The second-order valence-corrected chi connectivity index (χ2v) is 7.03. The van der Waals surface area contributed by atoms with E-state index in [0.29, 0.717) is 42.7 Å². The first-order valence-electron chi connectivity index (χ1n) is 8.45. The molecule has 2 aromatic carbocycles. The summed E-state index contributed by atoms with van der Waals surface area (Å²) in [7, 11) is 1.62. The first kappa shape index (κ1) is 20.3. The number of carbonyl (C=O) groups excluding carboxylic acids is 1. The van der Waals surface area contributed by atoms with Crippen molar-refractivity contribution in [3.8, 4) is 11.5 Å². The fourth-order valence-corrected chi connectivity index (χ4v) is 2.62. The number of ether oxygens (including phenoxy) is 3. The summed E-state index contributed by atoms with van der Waals surface area (Å²) in [5, 5.41) is 2.87. The Morgan fingerprint density at radius 2 is 1.92 bits per heavy atom. The molecule has 26 heavy (non-hydrogen) atoms. The zero-order valence-electron chi connectivity index (χ0n) is 15.3. The number of hydrogen-bond acceptors (Lipinski definition) is 4. The Balaban J connectivity index is 2.01. The van der Waals surface area contributed by atoms with E-state index in [-0.39, 0.29) is 5.91 Å². The minimum absolute atomic E-state index is 0.199. The van der Waals surface area contributed by atoms with Crippen molar-refractivity contribution in [2.45, 2.75) is 13.8 Å². The Morgan fingerprint density at radius 1 is 1.12 bits per heavy atom. The molecule has 0 atom stereocenters. The molecule has 0 saturated carbocycles. The van der Waals surface area contributed by atoms with Crippen molar-refractivity contribution < 1.29 is 19.0 Å². The van der Waals surface area contributed by atoms with Crippen molar-refractivity contribution in [2.75, 3.05) is 32.2 Å². The standard InChI is InChI=1S/C20H24BrNO4/c1-14(2)13-26-19-8-7-15(11-18(19)21)20(23)22-16-5-4-6-17(12-16)25-10-9-24-3/h4-8,11-12,14H,9-10,13H2,1-3H3,(H,22,23). The van der Waals surface area contributed by atoms with Gasteiger partial charge in [0.1, 0.15) is 18.1 Å². The number of nitrogens with one attached hydrogen (secondary N) is 1. The lowest BCUT2D eigenvalue weighted by Crippen LogP contribution is -2.12. The summed E-state index contributed by atoms with van der Waals surface area (Å²) in [6, 6.07) is 12.6. The van der Waals surface area contributed by atoms with Gasteiger partial charge in [0.25, 0.3) is 5.91 Å². The second kappa shape index (κ2) is 10.2. The number of methoxy groups -OCH3 is 1. The van der Waals surface area contributed by atoms with Crippen molar-refractivity contribution >= 4 is 27.5 Å². The maximum absolute atomic E-state index is 12.5. The fourth-order valence-electron chi connectivity index (χ4n) is 2.13. The Labute approximate surface area is 162 Å². The third-order valence-electron chi connectivity index (χ3n) is 3.41. The fraction of sp³-hybridized carbons (Fsp3) is 0.350. The van der Waals surface area contributed by atoms with Gasteiger partial charge in [-0.2, -0.15) is 0 Å². The third kappa shape index (κ3) is 6.35. The van der Waals surface area contributed by atoms with Gasteiger partial charge in [-0.25, -0.2) is 0 Å². The molecule has 0 radical (unpaired) electrons. The van der Waals surface area contributed by atoms with Gasteiger partial charge < -0.3 is 19.5 Å². The Bertz CT molecular complexity index is 734. The first-order chi connectivity index (χ1) is 12.5. The molecule has 0 aliphatic rings. The van der Waals surface area contributed by atoms with E-state index in [1.54, 1.807) is 31.4 Å². The normalized spacial score (nSPS) is 10.7. The molecule has 0 saturated heterocycles. The van der Waals surface area contributed by atoms with Gasteiger partial charge in [0.2, 0.25) is 0 Å². The average molecular weight is 422 g/mol. The van der Waals surface area contributed by atoms with Crippen molar-refractivity contribution in [1.29, 1.82) is 0 Å². The monoisotopic (exact) mass is 421 g/mol. The van der Waals surface area contributed by atoms with Gasteiger partial charge in [0.05, 0.1) is 17.7 Å². The molecule has 2 aromatic rings. The molecule has 0 aromatic heterocycles. The quantitative estimate of drug-likeness (QED) is 0.592. The number of carbonyl (C=O) groups is 1. The van der Waals surface area contributed by atoms with Gasteiger partial charge in [0, 0.05) is 24.4 Å². The van der Waals surface area contributed by atoms with E-state index in [1.807, 2.05) is 18.2 Å². The summed E-state index contributed by atoms with van der Waals surface area (Å²) >= 11 is 3.46. The summed E-state index contributed by atoms with van der Waals surface area (Å²) in [4.78, 5) is 12.5. The first-order valence-corrected chi connectivity index (χ1v) is 9.24. The molecule has 0 aliphatic carbocycles. The lowest BCUT2D eigenvalue weighted by atomic mass is 10.2. The molecule has 0 spiro atoms. The Hall–Kier alpha value is -2.05. The topological polar surface area (TPSA) is 56.8 Å². The highest BCUT2D eigenvalue weighted by Crippen LogP contribution is 2.27. The highest BCUT2D eigenvalue weighted by Gasteiger charge is 2.10. The molecule has 1 amide bonds. The minimum atomic E-state index is -0.199. The summed E-state index contributed by atoms with van der Waals surface area (Å²) in [5.41, 5.74) is 1.21. The molecule has 0 heterocycles. The number of hydrogen-bond donors (Lipinski definition) is 1. The molecular weight excluding hydrogens is 398 g/mol. The number of halogens is 1. The molecule has 140 valence electrons. The number of amides is 1. The van der Waals surface area contributed by atoms with E-state index >= 15 is 0 Å². The van der Waals surface area contributed by atoms with Crippen LogP contribution in [0.1, 0.15) is 24.2 Å². The van der Waals surface area contributed by atoms with Crippen LogP contribution in [0.2, 0.25) is 0 Å². The summed E-state index contributed by atoms with van der Waals surface area (Å²) in [5.74, 6) is 1.64. The molecule has 5 nitrogen and oxygen atoms in total. The molecule has 0 fully saturated rings. The summed E-state index contributed by atoms with van der Waals surface area (Å²) < 4.78 is 17.0. The predicted molar refractivity (Wildman–Crippen MR) is 106 cm³/mol. The lowest BCUT2D eigenvalue weighted by Gasteiger charge is -2.12. The predicted octanol–water partition coefficient (Wildman–Crippen LogP) is 4.76. The van der Waals surface area contributed by atoms with Gasteiger partial charge in [-0.15, -0.1) is 0 Å². The molecular formula is C20H24BrNO4. The van der Waals surface area contributed by atoms with Gasteiger partial charge >= 0.3 is 0 Å². The highest BCUT2D eigenvalue weighted by molar-refractivity contribution is 9.10. The average Bonchev–Trinajstić information content (AvgIpc) is 2.61. The maximum Gasteiger partial charge on any atom is 0.255 e. The van der Waals surface area contributed by atoms with Crippen molar-refractivity contribution in [2.24, 2.45) is 5.92 Å². The van der Waals surface area contributed by atoms with Crippen LogP contribution < -0.4 is 14.8 Å². The molecule has 0 bridgehead atoms. The summed E-state index contributed by atoms with van der Waals surface area (Å²) in [6.45, 7) is 5.76. The molecule has 1 N–H and O–H groups in total. The van der Waals surface area contributed by atoms with Crippen LogP contribution in [0.4, 0.5) is 5.69 Å². The molecule has 0 aliphatic heterocycles. The van der Waals surface area contributed by atoms with E-state index < -0.39 is 0 Å². The Morgan fingerprint density at radius 3 is 2.62 bits per heavy atom. The Kier molecular flexibility index (Phi) is 7.94. The van der Waals surface area contributed by atoms with Gasteiger partial charge in [-0.1, -0.05) is 19.9 Å². The summed E-state index contributed by atoms with van der Waals surface area (Å²) in [6.07, 6.45) is 0. The largest absolute Gasteiger partial charge is 0.492 e. The SMILES string of the molecule is COCCOc1cccc(NC(=O)c2ccc(OCC(C)C)c(Br)c2)c1. The van der Waals surface area contributed by atoms with Crippen LogP contribution in [0, 0.1) is 5.92 Å². The van der Waals surface area contributed by atoms with Gasteiger partial charge in [-0.3, -0.25) is 4.79 Å². The van der Waals surface area contributed by atoms with Gasteiger partial charge in [0.15, 0.2) is 0 Å². The molecule has 2 rings (SSSR count). The number of rotatable bonds is 9.